The van der Waals surface area contributed by atoms with Gasteiger partial charge in [0.15, 0.2) is 0 Å². The quantitative estimate of drug-likeness (QED) is 0.910. The Labute approximate surface area is 113 Å². The van der Waals surface area contributed by atoms with Gasteiger partial charge in [0.25, 0.3) is 0 Å². The van der Waals surface area contributed by atoms with E-state index < -0.39 is 5.97 Å². The Hall–Kier alpha value is -0.970. The molecule has 92 valence electrons. The minimum absolute atomic E-state index is 0. The number of ether oxygens (including phenoxy) is 1. The molecule has 0 radical (unpaired) electrons. The van der Waals surface area contributed by atoms with Crippen LogP contribution in [0.15, 0.2) is 12.1 Å². The SMILES string of the molecule is COc1c(C)sc2ccc(C(=O)O)c(Cl)c12.Cl. The second-order valence-electron chi connectivity index (χ2n) is 3.30. The number of halogens is 2. The van der Waals surface area contributed by atoms with Gasteiger partial charge in [0.2, 0.25) is 0 Å². The fourth-order valence-electron chi connectivity index (χ4n) is 1.65. The molecule has 0 spiro atoms. The van der Waals surface area contributed by atoms with Crippen molar-refractivity contribution in [2.24, 2.45) is 0 Å². The van der Waals surface area contributed by atoms with Crippen LogP contribution in [0.25, 0.3) is 10.1 Å². The van der Waals surface area contributed by atoms with Crippen molar-refractivity contribution in [3.05, 3.63) is 27.6 Å². The molecule has 0 saturated carbocycles. The molecule has 1 aromatic carbocycles. The molecule has 3 nitrogen and oxygen atoms in total. The van der Waals surface area contributed by atoms with E-state index in [2.05, 4.69) is 0 Å². The lowest BCUT2D eigenvalue weighted by atomic mass is 10.1. The number of hydrogen-bond acceptors (Lipinski definition) is 3. The van der Waals surface area contributed by atoms with Crippen LogP contribution in [0.4, 0.5) is 0 Å². The van der Waals surface area contributed by atoms with Crippen molar-refractivity contribution in [2.75, 3.05) is 7.11 Å². The Morgan fingerprint density at radius 3 is 2.65 bits per heavy atom. The van der Waals surface area contributed by atoms with Crippen molar-refractivity contribution in [3.8, 4) is 5.75 Å². The van der Waals surface area contributed by atoms with Gasteiger partial charge in [-0.2, -0.15) is 0 Å². The summed E-state index contributed by atoms with van der Waals surface area (Å²) in [5.41, 5.74) is 0.102. The maximum absolute atomic E-state index is 11.0. The molecule has 1 N–H and O–H groups in total. The molecule has 0 amide bonds. The molecule has 0 aliphatic carbocycles. The fraction of sp³-hybridized carbons (Fsp3) is 0.182. The zero-order valence-electron chi connectivity index (χ0n) is 9.11. The number of rotatable bonds is 2. The third-order valence-corrected chi connectivity index (χ3v) is 3.79. The van der Waals surface area contributed by atoms with Crippen molar-refractivity contribution >= 4 is 51.4 Å². The number of methoxy groups -OCH3 is 1. The van der Waals surface area contributed by atoms with Crippen LogP contribution in [0.5, 0.6) is 5.75 Å². The molecule has 6 heteroatoms. The standard InChI is InChI=1S/C11H9ClO3S.ClH/c1-5-10(15-2)8-7(16-5)4-3-6(9(8)12)11(13)14;/h3-4H,1-2H3,(H,13,14);1H. The first kappa shape index (κ1) is 14.1. The Bertz CT molecular complexity index is 578. The van der Waals surface area contributed by atoms with Gasteiger partial charge in [-0.05, 0) is 19.1 Å². The van der Waals surface area contributed by atoms with Crippen LogP contribution in [0, 0.1) is 6.92 Å². The van der Waals surface area contributed by atoms with Gasteiger partial charge in [0, 0.05) is 9.58 Å². The summed E-state index contributed by atoms with van der Waals surface area (Å²) in [4.78, 5) is 11.9. The topological polar surface area (TPSA) is 46.5 Å². The molecule has 0 bridgehead atoms. The van der Waals surface area contributed by atoms with Crippen molar-refractivity contribution in [1.82, 2.24) is 0 Å². The molecule has 2 rings (SSSR count). The third-order valence-electron chi connectivity index (χ3n) is 2.35. The molecule has 0 atom stereocenters. The number of thiophene rings is 1. The van der Waals surface area contributed by atoms with Crippen molar-refractivity contribution in [2.45, 2.75) is 6.92 Å². The lowest BCUT2D eigenvalue weighted by Gasteiger charge is -2.03. The van der Waals surface area contributed by atoms with Crippen molar-refractivity contribution in [1.29, 1.82) is 0 Å². The molecule has 0 aliphatic rings. The highest BCUT2D eigenvalue weighted by molar-refractivity contribution is 7.19. The predicted molar refractivity (Wildman–Crippen MR) is 72.3 cm³/mol. The van der Waals surface area contributed by atoms with Gasteiger partial charge in [-0.3, -0.25) is 0 Å². The van der Waals surface area contributed by atoms with E-state index in [9.17, 15) is 4.79 Å². The first-order valence-electron chi connectivity index (χ1n) is 4.55. The van der Waals surface area contributed by atoms with E-state index in [-0.39, 0.29) is 23.0 Å². The molecular weight excluding hydrogens is 283 g/mol. The summed E-state index contributed by atoms with van der Waals surface area (Å²) in [6.07, 6.45) is 0. The van der Waals surface area contributed by atoms with Gasteiger partial charge >= 0.3 is 5.97 Å². The van der Waals surface area contributed by atoms with Gasteiger partial charge in [0.05, 0.1) is 23.1 Å². The number of fused-ring (bicyclic) bond motifs is 1. The second-order valence-corrected chi connectivity index (χ2v) is 4.93. The number of carboxylic acids is 1. The van der Waals surface area contributed by atoms with Gasteiger partial charge in [-0.1, -0.05) is 11.6 Å². The first-order chi connectivity index (χ1) is 7.56. The third kappa shape index (κ3) is 2.20. The number of benzene rings is 1. The van der Waals surface area contributed by atoms with E-state index in [1.54, 1.807) is 13.2 Å². The molecule has 0 aliphatic heterocycles. The Kier molecular flexibility index (Phi) is 4.25. The van der Waals surface area contributed by atoms with E-state index in [4.69, 9.17) is 21.4 Å². The molecule has 1 heterocycles. The Balaban J connectivity index is 0.00000144. The minimum atomic E-state index is -1.03. The summed E-state index contributed by atoms with van der Waals surface area (Å²) < 4.78 is 6.18. The monoisotopic (exact) mass is 292 g/mol. The fourth-order valence-corrected chi connectivity index (χ4v) is 3.08. The highest BCUT2D eigenvalue weighted by Crippen LogP contribution is 2.42. The summed E-state index contributed by atoms with van der Waals surface area (Å²) in [5, 5.41) is 9.90. The van der Waals surface area contributed by atoms with Crippen LogP contribution in [0.3, 0.4) is 0 Å². The van der Waals surface area contributed by atoms with Crippen molar-refractivity contribution in [3.63, 3.8) is 0 Å². The molecular formula is C11H10Cl2O3S. The summed E-state index contributed by atoms with van der Waals surface area (Å²) >= 11 is 7.62. The van der Waals surface area contributed by atoms with Crippen LogP contribution < -0.4 is 4.74 Å². The van der Waals surface area contributed by atoms with E-state index in [0.29, 0.717) is 11.1 Å². The predicted octanol–water partition coefficient (Wildman–Crippen LogP) is 3.99. The number of aryl methyl sites for hydroxylation is 1. The summed E-state index contributed by atoms with van der Waals surface area (Å²) in [7, 11) is 1.55. The summed E-state index contributed by atoms with van der Waals surface area (Å²) in [6, 6.07) is 3.27. The smallest absolute Gasteiger partial charge is 0.337 e. The van der Waals surface area contributed by atoms with Gasteiger partial charge in [-0.25, -0.2) is 4.79 Å². The number of hydrogen-bond donors (Lipinski definition) is 1. The highest BCUT2D eigenvalue weighted by atomic mass is 35.5. The highest BCUT2D eigenvalue weighted by Gasteiger charge is 2.18. The average Bonchev–Trinajstić information content (AvgIpc) is 2.54. The van der Waals surface area contributed by atoms with Gasteiger partial charge in [-0.15, -0.1) is 23.7 Å². The van der Waals surface area contributed by atoms with E-state index in [0.717, 1.165) is 9.58 Å². The van der Waals surface area contributed by atoms with E-state index in [1.807, 2.05) is 6.92 Å². The van der Waals surface area contributed by atoms with Crippen LogP contribution in [-0.2, 0) is 0 Å². The lowest BCUT2D eigenvalue weighted by molar-refractivity contribution is 0.0697. The molecule has 1 aromatic heterocycles. The number of carbonyl (C=O) groups is 1. The van der Waals surface area contributed by atoms with Gasteiger partial charge in [0.1, 0.15) is 5.75 Å². The van der Waals surface area contributed by atoms with Crippen LogP contribution in [0.2, 0.25) is 5.02 Å². The van der Waals surface area contributed by atoms with E-state index >= 15 is 0 Å². The lowest BCUT2D eigenvalue weighted by Crippen LogP contribution is -1.97. The Morgan fingerprint density at radius 2 is 2.12 bits per heavy atom. The first-order valence-corrected chi connectivity index (χ1v) is 5.74. The van der Waals surface area contributed by atoms with Crippen LogP contribution in [-0.4, -0.2) is 18.2 Å². The minimum Gasteiger partial charge on any atom is -0.495 e. The maximum atomic E-state index is 11.0. The zero-order chi connectivity index (χ0) is 11.9. The summed E-state index contributed by atoms with van der Waals surface area (Å²) in [5.74, 6) is -0.370. The van der Waals surface area contributed by atoms with Crippen molar-refractivity contribution < 1.29 is 14.6 Å². The van der Waals surface area contributed by atoms with Crippen LogP contribution >= 0.6 is 35.3 Å². The maximum Gasteiger partial charge on any atom is 0.337 e. The normalized spacial score (nSPS) is 10.1. The largest absolute Gasteiger partial charge is 0.495 e. The van der Waals surface area contributed by atoms with E-state index in [1.165, 1.54) is 17.4 Å². The number of carboxylic acid groups (broad SMARTS) is 1. The molecule has 2 aromatic rings. The molecule has 0 saturated heterocycles. The molecule has 17 heavy (non-hydrogen) atoms. The van der Waals surface area contributed by atoms with Crippen LogP contribution in [0.1, 0.15) is 15.2 Å². The van der Waals surface area contributed by atoms with Gasteiger partial charge < -0.3 is 9.84 Å². The zero-order valence-corrected chi connectivity index (χ0v) is 11.5. The molecule has 0 fully saturated rings. The molecule has 0 unspecified atom stereocenters. The summed E-state index contributed by atoms with van der Waals surface area (Å²) in [6.45, 7) is 1.92. The second kappa shape index (κ2) is 5.12. The average molecular weight is 293 g/mol. The Morgan fingerprint density at radius 1 is 1.47 bits per heavy atom. The number of aromatic carboxylic acids is 1.